The van der Waals surface area contributed by atoms with Crippen LogP contribution >= 0.6 is 0 Å². The number of carbonyl (C=O) groups is 1. The van der Waals surface area contributed by atoms with Gasteiger partial charge in [0.25, 0.3) is 0 Å². The first kappa shape index (κ1) is 19.1. The van der Waals surface area contributed by atoms with Crippen molar-refractivity contribution in [2.75, 3.05) is 25.6 Å². The Morgan fingerprint density at radius 2 is 2.10 bits per heavy atom. The first-order valence-corrected chi connectivity index (χ1v) is 9.55. The molecule has 1 aliphatic heterocycles. The number of anilines is 2. The van der Waals surface area contributed by atoms with E-state index in [1.54, 1.807) is 24.5 Å². The maximum atomic E-state index is 11.6. The molecule has 1 N–H and O–H groups in total. The van der Waals surface area contributed by atoms with Crippen molar-refractivity contribution >= 4 is 17.6 Å². The van der Waals surface area contributed by atoms with Crippen molar-refractivity contribution in [1.82, 2.24) is 19.7 Å². The molecule has 0 radical (unpaired) electrons. The van der Waals surface area contributed by atoms with Crippen LogP contribution in [0.1, 0.15) is 34.8 Å². The number of hydrogen-bond donors (Lipinski definition) is 1. The highest BCUT2D eigenvalue weighted by molar-refractivity contribution is 5.89. The molecular formula is C21H23N5O3. The summed E-state index contributed by atoms with van der Waals surface area (Å²) in [5.74, 6) is 0.126. The molecule has 1 saturated heterocycles. The second-order valence-corrected chi connectivity index (χ2v) is 7.00. The van der Waals surface area contributed by atoms with Crippen LogP contribution in [0.3, 0.4) is 0 Å². The smallest absolute Gasteiger partial charge is 0.337 e. The number of benzene rings is 1. The number of nitrogens with one attached hydrogen (secondary N) is 1. The van der Waals surface area contributed by atoms with Gasteiger partial charge in [-0.05, 0) is 37.5 Å². The highest BCUT2D eigenvalue weighted by Gasteiger charge is 2.17. The SMILES string of the molecule is COC(=O)c1ccc(-c2nc(Nc3cnn(C4CCCOC4)c3)ncc2C)cc1. The summed E-state index contributed by atoms with van der Waals surface area (Å²) in [7, 11) is 1.37. The quantitative estimate of drug-likeness (QED) is 0.663. The van der Waals surface area contributed by atoms with Gasteiger partial charge in [0, 0.05) is 24.6 Å². The fourth-order valence-corrected chi connectivity index (χ4v) is 3.34. The van der Waals surface area contributed by atoms with Crippen molar-refractivity contribution in [1.29, 1.82) is 0 Å². The molecule has 29 heavy (non-hydrogen) atoms. The van der Waals surface area contributed by atoms with Crippen molar-refractivity contribution in [3.05, 3.63) is 54.0 Å². The highest BCUT2D eigenvalue weighted by atomic mass is 16.5. The second-order valence-electron chi connectivity index (χ2n) is 7.00. The molecule has 0 aliphatic carbocycles. The third kappa shape index (κ3) is 4.27. The van der Waals surface area contributed by atoms with E-state index in [1.165, 1.54) is 7.11 Å². The van der Waals surface area contributed by atoms with Gasteiger partial charge < -0.3 is 14.8 Å². The summed E-state index contributed by atoms with van der Waals surface area (Å²) in [6.07, 6.45) is 7.61. The Labute approximate surface area is 168 Å². The van der Waals surface area contributed by atoms with Crippen LogP contribution in [0.2, 0.25) is 0 Å². The summed E-state index contributed by atoms with van der Waals surface area (Å²) in [6.45, 7) is 3.46. The molecular weight excluding hydrogens is 370 g/mol. The predicted octanol–water partition coefficient (Wildman–Crippen LogP) is 3.53. The third-order valence-corrected chi connectivity index (χ3v) is 4.92. The molecule has 0 bridgehead atoms. The molecule has 150 valence electrons. The molecule has 8 heteroatoms. The predicted molar refractivity (Wildman–Crippen MR) is 108 cm³/mol. The first-order valence-electron chi connectivity index (χ1n) is 9.55. The first-order chi connectivity index (χ1) is 14.1. The Morgan fingerprint density at radius 3 is 2.83 bits per heavy atom. The molecule has 1 fully saturated rings. The van der Waals surface area contributed by atoms with Gasteiger partial charge in [0.1, 0.15) is 0 Å². The molecule has 1 unspecified atom stereocenters. The van der Waals surface area contributed by atoms with Crippen LogP contribution in [-0.4, -0.2) is 46.0 Å². The molecule has 3 heterocycles. The summed E-state index contributed by atoms with van der Waals surface area (Å²) in [5, 5.41) is 7.66. The van der Waals surface area contributed by atoms with E-state index in [1.807, 2.05) is 29.9 Å². The molecule has 1 atom stereocenters. The standard InChI is InChI=1S/C21H23N5O3/c1-14-10-22-21(24-17-11-23-26(12-17)18-4-3-9-29-13-18)25-19(14)15-5-7-16(8-6-15)20(27)28-2/h5-8,10-12,18H,3-4,9,13H2,1-2H3,(H,22,24,25). The van der Waals surface area contributed by atoms with E-state index < -0.39 is 0 Å². The van der Waals surface area contributed by atoms with Crippen LogP contribution in [0, 0.1) is 6.92 Å². The number of rotatable bonds is 5. The average Bonchev–Trinajstić information content (AvgIpc) is 3.24. The number of hydrogen-bond acceptors (Lipinski definition) is 7. The van der Waals surface area contributed by atoms with Gasteiger partial charge in [0.15, 0.2) is 0 Å². The van der Waals surface area contributed by atoms with E-state index in [-0.39, 0.29) is 12.0 Å². The lowest BCUT2D eigenvalue weighted by atomic mass is 10.1. The van der Waals surface area contributed by atoms with Crippen LogP contribution < -0.4 is 5.32 Å². The van der Waals surface area contributed by atoms with E-state index in [0.29, 0.717) is 18.1 Å². The number of aromatic nitrogens is 4. The fraction of sp³-hybridized carbons (Fsp3) is 0.333. The van der Waals surface area contributed by atoms with Gasteiger partial charge >= 0.3 is 5.97 Å². The minimum absolute atomic E-state index is 0.266. The van der Waals surface area contributed by atoms with Crippen LogP contribution in [0.15, 0.2) is 42.9 Å². The fourth-order valence-electron chi connectivity index (χ4n) is 3.34. The van der Waals surface area contributed by atoms with Crippen molar-refractivity contribution < 1.29 is 14.3 Å². The van der Waals surface area contributed by atoms with E-state index >= 15 is 0 Å². The summed E-state index contributed by atoms with van der Waals surface area (Å²) >= 11 is 0. The summed E-state index contributed by atoms with van der Waals surface area (Å²) in [6, 6.07) is 7.43. The Kier molecular flexibility index (Phi) is 5.53. The van der Waals surface area contributed by atoms with Gasteiger partial charge in [-0.3, -0.25) is 4.68 Å². The van der Waals surface area contributed by atoms with Gasteiger partial charge in [0.2, 0.25) is 5.95 Å². The molecule has 0 saturated carbocycles. The lowest BCUT2D eigenvalue weighted by Crippen LogP contribution is -2.21. The molecule has 1 aliphatic rings. The Morgan fingerprint density at radius 1 is 1.28 bits per heavy atom. The molecule has 4 rings (SSSR count). The molecule has 2 aromatic heterocycles. The zero-order valence-corrected chi connectivity index (χ0v) is 16.5. The molecule has 8 nitrogen and oxygen atoms in total. The molecule has 0 amide bonds. The van der Waals surface area contributed by atoms with Gasteiger partial charge in [-0.15, -0.1) is 0 Å². The molecule has 0 spiro atoms. The zero-order valence-electron chi connectivity index (χ0n) is 16.5. The number of nitrogens with zero attached hydrogens (tertiary/aromatic N) is 4. The van der Waals surface area contributed by atoms with Crippen molar-refractivity contribution in [3.8, 4) is 11.3 Å². The number of methoxy groups -OCH3 is 1. The number of carbonyl (C=O) groups excluding carboxylic acids is 1. The van der Waals surface area contributed by atoms with E-state index in [0.717, 1.165) is 42.0 Å². The van der Waals surface area contributed by atoms with E-state index in [2.05, 4.69) is 20.4 Å². The van der Waals surface area contributed by atoms with Crippen molar-refractivity contribution in [3.63, 3.8) is 0 Å². The van der Waals surface area contributed by atoms with Crippen LogP contribution in [0.5, 0.6) is 0 Å². The second kappa shape index (κ2) is 8.40. The molecule has 3 aromatic rings. The van der Waals surface area contributed by atoms with Crippen LogP contribution in [0.4, 0.5) is 11.6 Å². The number of esters is 1. The van der Waals surface area contributed by atoms with Crippen LogP contribution in [-0.2, 0) is 9.47 Å². The highest BCUT2D eigenvalue weighted by Crippen LogP contribution is 2.25. The Hall–Kier alpha value is -3.26. The third-order valence-electron chi connectivity index (χ3n) is 4.92. The number of aryl methyl sites for hydroxylation is 1. The summed E-state index contributed by atoms with van der Waals surface area (Å²) in [4.78, 5) is 20.7. The van der Waals surface area contributed by atoms with Crippen molar-refractivity contribution in [2.24, 2.45) is 0 Å². The van der Waals surface area contributed by atoms with Crippen molar-refractivity contribution in [2.45, 2.75) is 25.8 Å². The lowest BCUT2D eigenvalue weighted by Gasteiger charge is -2.22. The maximum absolute atomic E-state index is 11.6. The van der Waals surface area contributed by atoms with Gasteiger partial charge in [-0.1, -0.05) is 12.1 Å². The topological polar surface area (TPSA) is 91.2 Å². The van der Waals surface area contributed by atoms with Gasteiger partial charge in [-0.2, -0.15) is 5.10 Å². The Bertz CT molecular complexity index is 994. The van der Waals surface area contributed by atoms with E-state index in [4.69, 9.17) is 9.47 Å². The number of ether oxygens (including phenoxy) is 2. The minimum Gasteiger partial charge on any atom is -0.465 e. The monoisotopic (exact) mass is 393 g/mol. The molecule has 1 aromatic carbocycles. The maximum Gasteiger partial charge on any atom is 0.337 e. The van der Waals surface area contributed by atoms with Gasteiger partial charge in [-0.25, -0.2) is 14.8 Å². The minimum atomic E-state index is -0.362. The summed E-state index contributed by atoms with van der Waals surface area (Å²) in [5.41, 5.74) is 3.96. The average molecular weight is 393 g/mol. The lowest BCUT2D eigenvalue weighted by molar-refractivity contribution is 0.0549. The summed E-state index contributed by atoms with van der Waals surface area (Å²) < 4.78 is 12.2. The van der Waals surface area contributed by atoms with E-state index in [9.17, 15) is 4.79 Å². The van der Waals surface area contributed by atoms with Crippen LogP contribution in [0.25, 0.3) is 11.3 Å². The zero-order chi connectivity index (χ0) is 20.2. The largest absolute Gasteiger partial charge is 0.465 e. The normalized spacial score (nSPS) is 16.4. The van der Waals surface area contributed by atoms with Gasteiger partial charge in [0.05, 0.1) is 42.9 Å². The Balaban J connectivity index is 1.53.